The van der Waals surface area contributed by atoms with Crippen LogP contribution in [0.3, 0.4) is 0 Å². The molecule has 2 aliphatic rings. The molecule has 2 rings (SSSR count). The molecule has 160 valence electrons. The van der Waals surface area contributed by atoms with Crippen molar-refractivity contribution in [2.24, 2.45) is 5.92 Å². The fourth-order valence-electron chi connectivity index (χ4n) is 4.31. The first-order valence-corrected chi connectivity index (χ1v) is 11.0. The van der Waals surface area contributed by atoms with Crippen molar-refractivity contribution in [3.63, 3.8) is 0 Å². The topological polar surface area (TPSA) is 95.9 Å². The largest absolute Gasteiger partial charge is 0.466 e. The molecular weight excluding hydrogens is 360 g/mol. The van der Waals surface area contributed by atoms with Crippen molar-refractivity contribution >= 4 is 17.9 Å². The van der Waals surface area contributed by atoms with Crippen LogP contribution in [0.5, 0.6) is 0 Å². The predicted octanol–water partition coefficient (Wildman–Crippen LogP) is 3.14. The summed E-state index contributed by atoms with van der Waals surface area (Å²) in [6, 6.07) is -0.774. The second kappa shape index (κ2) is 12.0. The van der Waals surface area contributed by atoms with Crippen LogP contribution in [-0.4, -0.2) is 53.2 Å². The van der Waals surface area contributed by atoms with E-state index >= 15 is 0 Å². The van der Waals surface area contributed by atoms with E-state index in [0.717, 1.165) is 38.5 Å². The zero-order valence-corrected chi connectivity index (χ0v) is 17.2. The predicted molar refractivity (Wildman–Crippen MR) is 106 cm³/mol. The standard InChI is InChI=1S/C21H36N2O5/c1-2-28-19(25)13-9-4-3-8-12-17-20(26)22-21(27)23(17)15-14-18(24)16-10-6-5-7-11-16/h16-18,24H,2-15H2,1H3,(H,22,26,27)/t17-,18?/m1/s1. The summed E-state index contributed by atoms with van der Waals surface area (Å²) in [7, 11) is 0. The number of ether oxygens (including phenoxy) is 1. The van der Waals surface area contributed by atoms with Crippen LogP contribution in [-0.2, 0) is 14.3 Å². The lowest BCUT2D eigenvalue weighted by Crippen LogP contribution is -2.38. The maximum Gasteiger partial charge on any atom is 0.324 e. The SMILES string of the molecule is CCOC(=O)CCCCCC[C@@H]1C(=O)NC(=O)N1CCC(O)C1CCCCC1. The third-order valence-corrected chi connectivity index (χ3v) is 5.94. The number of hydrogen-bond acceptors (Lipinski definition) is 5. The van der Waals surface area contributed by atoms with Crippen molar-refractivity contribution in [2.75, 3.05) is 13.2 Å². The number of carbonyl (C=O) groups excluding carboxylic acids is 3. The van der Waals surface area contributed by atoms with Crippen LogP contribution in [0, 0.1) is 5.92 Å². The number of aliphatic hydroxyl groups is 1. The Hall–Kier alpha value is -1.63. The molecule has 1 unspecified atom stereocenters. The number of nitrogens with zero attached hydrogens (tertiary/aromatic N) is 1. The van der Waals surface area contributed by atoms with E-state index in [1.54, 1.807) is 11.8 Å². The van der Waals surface area contributed by atoms with Crippen LogP contribution in [0.2, 0.25) is 0 Å². The van der Waals surface area contributed by atoms with E-state index in [1.807, 2.05) is 0 Å². The lowest BCUT2D eigenvalue weighted by molar-refractivity contribution is -0.143. The van der Waals surface area contributed by atoms with Gasteiger partial charge in [0.1, 0.15) is 6.04 Å². The molecule has 0 spiro atoms. The Bertz CT molecular complexity index is 519. The number of rotatable bonds is 12. The molecule has 1 aliphatic carbocycles. The number of urea groups is 1. The van der Waals surface area contributed by atoms with Crippen molar-refractivity contribution in [2.45, 2.75) is 96.1 Å². The summed E-state index contributed by atoms with van der Waals surface area (Å²) in [6.07, 6.45) is 10.3. The first-order chi connectivity index (χ1) is 13.5. The first-order valence-electron chi connectivity index (χ1n) is 11.0. The average molecular weight is 397 g/mol. The number of imide groups is 1. The summed E-state index contributed by atoms with van der Waals surface area (Å²) < 4.78 is 4.90. The number of hydrogen-bond donors (Lipinski definition) is 2. The Balaban J connectivity index is 1.68. The molecule has 0 radical (unpaired) electrons. The lowest BCUT2D eigenvalue weighted by atomic mass is 9.84. The molecule has 2 fully saturated rings. The monoisotopic (exact) mass is 396 g/mol. The van der Waals surface area contributed by atoms with E-state index in [9.17, 15) is 19.5 Å². The van der Waals surface area contributed by atoms with Gasteiger partial charge in [0.2, 0.25) is 0 Å². The van der Waals surface area contributed by atoms with E-state index < -0.39 is 12.1 Å². The maximum atomic E-state index is 12.1. The van der Waals surface area contributed by atoms with E-state index in [2.05, 4.69) is 5.32 Å². The highest BCUT2D eigenvalue weighted by atomic mass is 16.5. The molecule has 1 saturated carbocycles. The lowest BCUT2D eigenvalue weighted by Gasteiger charge is -2.29. The van der Waals surface area contributed by atoms with Gasteiger partial charge in [-0.1, -0.05) is 38.5 Å². The van der Waals surface area contributed by atoms with E-state index in [0.29, 0.717) is 38.3 Å². The quantitative estimate of drug-likeness (QED) is 0.300. The van der Waals surface area contributed by atoms with Crippen molar-refractivity contribution in [1.82, 2.24) is 10.2 Å². The summed E-state index contributed by atoms with van der Waals surface area (Å²) in [5.41, 5.74) is 0. The smallest absolute Gasteiger partial charge is 0.324 e. The summed E-state index contributed by atoms with van der Waals surface area (Å²) in [6.45, 7) is 2.63. The Labute approximate surface area is 168 Å². The molecule has 3 amide bonds. The number of carbonyl (C=O) groups is 3. The summed E-state index contributed by atoms with van der Waals surface area (Å²) >= 11 is 0. The van der Waals surface area contributed by atoms with Gasteiger partial charge in [-0.05, 0) is 44.9 Å². The molecule has 0 bridgehead atoms. The molecule has 7 nitrogen and oxygen atoms in total. The van der Waals surface area contributed by atoms with Crippen LogP contribution in [0.15, 0.2) is 0 Å². The Morgan fingerprint density at radius 2 is 1.89 bits per heavy atom. The van der Waals surface area contributed by atoms with Gasteiger partial charge in [0.15, 0.2) is 0 Å². The highest BCUT2D eigenvalue weighted by Gasteiger charge is 2.38. The minimum atomic E-state index is -0.434. The zero-order chi connectivity index (χ0) is 20.4. The molecule has 0 aromatic heterocycles. The van der Waals surface area contributed by atoms with Crippen molar-refractivity contribution in [1.29, 1.82) is 0 Å². The summed E-state index contributed by atoms with van der Waals surface area (Å²) in [4.78, 5) is 37.1. The van der Waals surface area contributed by atoms with E-state index in [1.165, 1.54) is 19.3 Å². The van der Waals surface area contributed by atoms with Gasteiger partial charge in [-0.2, -0.15) is 0 Å². The zero-order valence-electron chi connectivity index (χ0n) is 17.2. The number of nitrogens with one attached hydrogen (secondary N) is 1. The maximum absolute atomic E-state index is 12.1. The highest BCUT2D eigenvalue weighted by Crippen LogP contribution is 2.28. The minimum Gasteiger partial charge on any atom is -0.466 e. The number of amides is 3. The van der Waals surface area contributed by atoms with Gasteiger partial charge >= 0.3 is 12.0 Å². The van der Waals surface area contributed by atoms with Gasteiger partial charge in [-0.25, -0.2) is 4.79 Å². The Kier molecular flexibility index (Phi) is 9.75. The van der Waals surface area contributed by atoms with Crippen molar-refractivity contribution < 1.29 is 24.2 Å². The molecule has 1 heterocycles. The molecule has 2 atom stereocenters. The Morgan fingerprint density at radius 3 is 2.61 bits per heavy atom. The van der Waals surface area contributed by atoms with Crippen LogP contribution >= 0.6 is 0 Å². The molecule has 1 saturated heterocycles. The number of unbranched alkanes of at least 4 members (excludes halogenated alkanes) is 3. The van der Waals surface area contributed by atoms with Gasteiger partial charge in [0.25, 0.3) is 5.91 Å². The fraction of sp³-hybridized carbons (Fsp3) is 0.857. The summed E-state index contributed by atoms with van der Waals surface area (Å²) in [5, 5.41) is 12.9. The highest BCUT2D eigenvalue weighted by molar-refractivity contribution is 6.04. The van der Waals surface area contributed by atoms with Crippen molar-refractivity contribution in [3.8, 4) is 0 Å². The second-order valence-corrected chi connectivity index (χ2v) is 8.02. The first kappa shape index (κ1) is 22.7. The third kappa shape index (κ3) is 7.08. The molecule has 28 heavy (non-hydrogen) atoms. The number of esters is 1. The number of aliphatic hydroxyl groups excluding tert-OH is 1. The van der Waals surface area contributed by atoms with Crippen molar-refractivity contribution in [3.05, 3.63) is 0 Å². The average Bonchev–Trinajstić information content (AvgIpc) is 2.96. The molecular formula is C21H36N2O5. The molecule has 0 aromatic rings. The molecule has 1 aliphatic heterocycles. The van der Waals surface area contributed by atoms with Gasteiger partial charge in [0.05, 0.1) is 12.7 Å². The van der Waals surface area contributed by atoms with Gasteiger partial charge in [0, 0.05) is 13.0 Å². The van der Waals surface area contributed by atoms with Crippen LogP contribution in [0.4, 0.5) is 4.79 Å². The van der Waals surface area contributed by atoms with E-state index in [-0.39, 0.29) is 17.9 Å². The molecule has 7 heteroatoms. The normalized spacial score (nSPS) is 21.6. The second-order valence-electron chi connectivity index (χ2n) is 8.02. The van der Waals surface area contributed by atoms with Gasteiger partial charge < -0.3 is 14.7 Å². The van der Waals surface area contributed by atoms with Crippen LogP contribution < -0.4 is 5.32 Å². The Morgan fingerprint density at radius 1 is 1.18 bits per heavy atom. The molecule has 2 N–H and O–H groups in total. The van der Waals surface area contributed by atoms with Crippen LogP contribution in [0.25, 0.3) is 0 Å². The van der Waals surface area contributed by atoms with Gasteiger partial charge in [-0.3, -0.25) is 14.9 Å². The van der Waals surface area contributed by atoms with Gasteiger partial charge in [-0.15, -0.1) is 0 Å². The fourth-order valence-corrected chi connectivity index (χ4v) is 4.31. The summed E-state index contributed by atoms with van der Waals surface area (Å²) in [5.74, 6) is -0.0670. The minimum absolute atomic E-state index is 0.161. The van der Waals surface area contributed by atoms with Crippen LogP contribution in [0.1, 0.15) is 84.0 Å². The van der Waals surface area contributed by atoms with E-state index in [4.69, 9.17) is 4.74 Å². The molecule has 0 aromatic carbocycles. The third-order valence-electron chi connectivity index (χ3n) is 5.94.